The van der Waals surface area contributed by atoms with Crippen molar-refractivity contribution >= 4 is 28.6 Å². The van der Waals surface area contributed by atoms with Crippen molar-refractivity contribution in [2.45, 2.75) is 36.7 Å². The zero-order valence-corrected chi connectivity index (χ0v) is 18.1. The molecule has 0 aliphatic heterocycles. The molecule has 166 valence electrons. The van der Waals surface area contributed by atoms with Crippen molar-refractivity contribution in [1.29, 1.82) is 0 Å². The first-order valence-electron chi connectivity index (χ1n) is 9.64. The van der Waals surface area contributed by atoms with E-state index in [-0.39, 0.29) is 24.2 Å². The smallest absolute Gasteiger partial charge is 0.328 e. The van der Waals surface area contributed by atoms with Crippen LogP contribution in [0.3, 0.4) is 0 Å². The van der Waals surface area contributed by atoms with Crippen LogP contribution in [0.25, 0.3) is 0 Å². The van der Waals surface area contributed by atoms with Crippen molar-refractivity contribution in [3.05, 3.63) is 66.0 Å². The summed E-state index contributed by atoms with van der Waals surface area (Å²) in [4.78, 5) is 37.1. The number of carbonyl (C=O) groups is 3. The quantitative estimate of drug-likeness (QED) is 0.539. The van der Waals surface area contributed by atoms with Gasteiger partial charge in [0.25, 0.3) is 0 Å². The lowest BCUT2D eigenvalue weighted by molar-refractivity contribution is -0.145. The summed E-state index contributed by atoms with van der Waals surface area (Å²) in [6.07, 6.45) is -0.0334. The van der Waals surface area contributed by atoms with Gasteiger partial charge in [0.2, 0.25) is 11.8 Å². The Hall–Kier alpha value is -3.07. The molecule has 0 bridgehead atoms. The predicted molar refractivity (Wildman–Crippen MR) is 114 cm³/mol. The van der Waals surface area contributed by atoms with Gasteiger partial charge in [0, 0.05) is 24.0 Å². The third-order valence-corrected chi connectivity index (χ3v) is 5.88. The number of esters is 1. The predicted octanol–water partition coefficient (Wildman–Crippen LogP) is 1.73. The van der Waals surface area contributed by atoms with Crippen LogP contribution in [-0.2, 0) is 36.3 Å². The number of benzene rings is 2. The van der Waals surface area contributed by atoms with Crippen molar-refractivity contribution in [2.75, 3.05) is 12.9 Å². The molecule has 0 aromatic heterocycles. The monoisotopic (exact) mass is 448 g/mol. The van der Waals surface area contributed by atoms with Gasteiger partial charge in [-0.25, -0.2) is 9.18 Å². The molecule has 2 aromatic carbocycles. The lowest BCUT2D eigenvalue weighted by Crippen LogP contribution is -2.52. The number of nitrogens with one attached hydrogen (secondary N) is 2. The molecule has 0 saturated heterocycles. The summed E-state index contributed by atoms with van der Waals surface area (Å²) < 4.78 is 31.2. The number of hydrogen-bond acceptors (Lipinski definition) is 5. The number of halogens is 1. The molecule has 2 rings (SSSR count). The van der Waals surface area contributed by atoms with Gasteiger partial charge in [0.1, 0.15) is 17.9 Å². The average molecular weight is 449 g/mol. The Morgan fingerprint density at radius 1 is 1.00 bits per heavy atom. The van der Waals surface area contributed by atoms with Crippen LogP contribution < -0.4 is 10.6 Å². The molecule has 0 spiro atoms. The summed E-state index contributed by atoms with van der Waals surface area (Å²) in [7, 11) is -0.189. The van der Waals surface area contributed by atoms with Crippen molar-refractivity contribution in [3.8, 4) is 0 Å². The highest BCUT2D eigenvalue weighted by Gasteiger charge is 2.28. The van der Waals surface area contributed by atoms with Crippen LogP contribution in [0.4, 0.5) is 4.39 Å². The standard InChI is InChI=1S/C22H25FN2O5S/c1-15(26)24-20(14-16-8-6-7-11-18(16)23)21(27)25-19(22(28)30-2)12-13-31(29)17-9-4-3-5-10-17/h3-11,19-20H,12-14H2,1-2H3,(H,24,26)(H,25,27)/t19-,20+,31+/m1/s1. The zero-order chi connectivity index (χ0) is 22.8. The molecule has 9 heteroatoms. The largest absolute Gasteiger partial charge is 0.467 e. The fourth-order valence-corrected chi connectivity index (χ4v) is 4.06. The molecule has 0 fully saturated rings. The van der Waals surface area contributed by atoms with Gasteiger partial charge in [-0.1, -0.05) is 36.4 Å². The Morgan fingerprint density at radius 3 is 2.26 bits per heavy atom. The van der Waals surface area contributed by atoms with Crippen molar-refractivity contribution in [2.24, 2.45) is 0 Å². The molecule has 2 N–H and O–H groups in total. The maximum absolute atomic E-state index is 14.0. The maximum atomic E-state index is 14.0. The van der Waals surface area contributed by atoms with E-state index in [1.807, 2.05) is 0 Å². The molecule has 0 heterocycles. The zero-order valence-electron chi connectivity index (χ0n) is 17.3. The Kier molecular flexibility index (Phi) is 9.33. The fraction of sp³-hybridized carbons (Fsp3) is 0.318. The minimum Gasteiger partial charge on any atom is -0.467 e. The highest BCUT2D eigenvalue weighted by molar-refractivity contribution is 7.85. The van der Waals surface area contributed by atoms with Gasteiger partial charge in [-0.3, -0.25) is 13.8 Å². The van der Waals surface area contributed by atoms with Crippen LogP contribution in [0.2, 0.25) is 0 Å². The first-order chi connectivity index (χ1) is 14.8. The van der Waals surface area contributed by atoms with Gasteiger partial charge < -0.3 is 15.4 Å². The Balaban J connectivity index is 2.10. The van der Waals surface area contributed by atoms with E-state index in [1.165, 1.54) is 32.2 Å². The lowest BCUT2D eigenvalue weighted by atomic mass is 10.0. The molecule has 0 aliphatic rings. The second-order valence-corrected chi connectivity index (χ2v) is 8.36. The first-order valence-corrected chi connectivity index (χ1v) is 11.0. The third kappa shape index (κ3) is 7.60. The third-order valence-electron chi connectivity index (χ3n) is 4.48. The molecule has 0 unspecified atom stereocenters. The molecular formula is C22H25FN2O5S. The Labute approximate surface area is 182 Å². The van der Waals surface area contributed by atoms with Gasteiger partial charge in [0.15, 0.2) is 0 Å². The van der Waals surface area contributed by atoms with Gasteiger partial charge >= 0.3 is 5.97 Å². The summed E-state index contributed by atoms with van der Waals surface area (Å²) in [5.74, 6) is -2.24. The van der Waals surface area contributed by atoms with E-state index in [0.29, 0.717) is 4.90 Å². The Morgan fingerprint density at radius 2 is 1.65 bits per heavy atom. The van der Waals surface area contributed by atoms with Crippen LogP contribution in [0, 0.1) is 5.82 Å². The van der Waals surface area contributed by atoms with E-state index >= 15 is 0 Å². The molecule has 0 aliphatic carbocycles. The van der Waals surface area contributed by atoms with Crippen molar-refractivity contribution in [3.63, 3.8) is 0 Å². The van der Waals surface area contributed by atoms with E-state index < -0.39 is 46.5 Å². The number of carbonyl (C=O) groups excluding carboxylic acids is 3. The molecule has 3 atom stereocenters. The average Bonchev–Trinajstić information content (AvgIpc) is 2.76. The number of amides is 2. The molecule has 0 saturated carbocycles. The minimum atomic E-state index is -1.37. The molecule has 31 heavy (non-hydrogen) atoms. The molecule has 0 radical (unpaired) electrons. The molecule has 7 nitrogen and oxygen atoms in total. The van der Waals surface area contributed by atoms with Gasteiger partial charge in [-0.2, -0.15) is 0 Å². The van der Waals surface area contributed by atoms with E-state index in [1.54, 1.807) is 36.4 Å². The topological polar surface area (TPSA) is 102 Å². The highest BCUT2D eigenvalue weighted by atomic mass is 32.2. The SMILES string of the molecule is COC(=O)[C@@H](CC[S@](=O)c1ccccc1)NC(=O)[C@H](Cc1ccccc1F)NC(C)=O. The summed E-state index contributed by atoms with van der Waals surface area (Å²) in [5.41, 5.74) is 0.246. The summed E-state index contributed by atoms with van der Waals surface area (Å²) in [6, 6.07) is 12.5. The Bertz CT molecular complexity index is 939. The fourth-order valence-electron chi connectivity index (χ4n) is 2.92. The van der Waals surface area contributed by atoms with E-state index in [0.717, 1.165) is 0 Å². The van der Waals surface area contributed by atoms with Crippen LogP contribution in [0.5, 0.6) is 0 Å². The maximum Gasteiger partial charge on any atom is 0.328 e. The summed E-state index contributed by atoms with van der Waals surface area (Å²) in [6.45, 7) is 1.24. The van der Waals surface area contributed by atoms with Gasteiger partial charge in [0.05, 0.1) is 17.9 Å². The van der Waals surface area contributed by atoms with Crippen molar-refractivity contribution in [1.82, 2.24) is 10.6 Å². The van der Waals surface area contributed by atoms with Crippen molar-refractivity contribution < 1.29 is 27.7 Å². The minimum absolute atomic E-state index is 0.0619. The van der Waals surface area contributed by atoms with Gasteiger partial charge in [-0.15, -0.1) is 0 Å². The normalized spacial score (nSPS) is 13.5. The summed E-state index contributed by atoms with van der Waals surface area (Å²) >= 11 is 0. The number of rotatable bonds is 10. The molecule has 2 aromatic rings. The van der Waals surface area contributed by atoms with E-state index in [2.05, 4.69) is 10.6 Å². The van der Waals surface area contributed by atoms with Crippen LogP contribution in [0.1, 0.15) is 18.9 Å². The first kappa shape index (κ1) is 24.2. The van der Waals surface area contributed by atoms with E-state index in [9.17, 15) is 23.0 Å². The van der Waals surface area contributed by atoms with Gasteiger partial charge in [-0.05, 0) is 30.2 Å². The lowest BCUT2D eigenvalue weighted by Gasteiger charge is -2.22. The van der Waals surface area contributed by atoms with E-state index in [4.69, 9.17) is 4.74 Å². The number of hydrogen-bond donors (Lipinski definition) is 2. The van der Waals surface area contributed by atoms with Crippen LogP contribution >= 0.6 is 0 Å². The summed E-state index contributed by atoms with van der Waals surface area (Å²) in [5, 5.41) is 5.01. The number of methoxy groups -OCH3 is 1. The molecular weight excluding hydrogens is 423 g/mol. The number of ether oxygens (including phenoxy) is 1. The second kappa shape index (κ2) is 11.9. The second-order valence-electron chi connectivity index (χ2n) is 6.78. The highest BCUT2D eigenvalue weighted by Crippen LogP contribution is 2.11. The van der Waals surface area contributed by atoms with Crippen LogP contribution in [0.15, 0.2) is 59.5 Å². The van der Waals surface area contributed by atoms with Crippen LogP contribution in [-0.4, -0.2) is 46.9 Å². The molecule has 2 amide bonds.